The lowest BCUT2D eigenvalue weighted by atomic mass is 9.93. The Bertz CT molecular complexity index is 812. The van der Waals surface area contributed by atoms with Gasteiger partial charge in [-0.3, -0.25) is 4.79 Å². The first-order chi connectivity index (χ1) is 12.7. The summed E-state index contributed by atoms with van der Waals surface area (Å²) in [5, 5.41) is 6.30. The van der Waals surface area contributed by atoms with Crippen LogP contribution < -0.4 is 5.32 Å². The minimum atomic E-state index is 0.103. The van der Waals surface area contributed by atoms with Gasteiger partial charge in [-0.05, 0) is 68.0 Å². The monoisotopic (exact) mass is 386 g/mol. The molecule has 2 aliphatic carbocycles. The highest BCUT2D eigenvalue weighted by atomic mass is 32.1. The van der Waals surface area contributed by atoms with Crippen molar-refractivity contribution in [3.8, 4) is 0 Å². The van der Waals surface area contributed by atoms with E-state index in [-0.39, 0.29) is 5.91 Å². The number of carbonyl (C=O) groups is 1. The maximum Gasteiger partial charge on any atom is 0.254 e. The van der Waals surface area contributed by atoms with E-state index >= 15 is 0 Å². The Morgan fingerprint density at radius 2 is 2.00 bits per heavy atom. The number of hydrogen-bond acceptors (Lipinski definition) is 4. The summed E-state index contributed by atoms with van der Waals surface area (Å²) < 4.78 is 0. The van der Waals surface area contributed by atoms with Crippen LogP contribution in [0.4, 0.5) is 5.00 Å². The summed E-state index contributed by atoms with van der Waals surface area (Å²) in [6.45, 7) is 2.11. The van der Waals surface area contributed by atoms with Gasteiger partial charge in [-0.2, -0.15) is 0 Å². The Morgan fingerprint density at radius 1 is 1.19 bits per heavy atom. The highest BCUT2D eigenvalue weighted by Crippen LogP contribution is 2.40. The summed E-state index contributed by atoms with van der Waals surface area (Å²) >= 11 is 3.43. The number of nitrogens with zero attached hydrogens (tertiary/aromatic N) is 1. The number of aliphatic imine (C=N–C) groups is 1. The van der Waals surface area contributed by atoms with E-state index in [1.165, 1.54) is 53.0 Å². The zero-order valence-corrected chi connectivity index (χ0v) is 17.0. The maximum atomic E-state index is 13.1. The fourth-order valence-corrected chi connectivity index (χ4v) is 6.03. The summed E-state index contributed by atoms with van der Waals surface area (Å²) in [4.78, 5) is 20.4. The lowest BCUT2D eigenvalue weighted by molar-refractivity contribution is 0.0927. The molecule has 0 spiro atoms. The molecule has 2 aromatic rings. The summed E-state index contributed by atoms with van der Waals surface area (Å²) in [6, 6.07) is 2.45. The molecule has 0 bridgehead atoms. The third-order valence-electron chi connectivity index (χ3n) is 5.52. The smallest absolute Gasteiger partial charge is 0.254 e. The molecule has 0 atom stereocenters. The number of nitrogens with one attached hydrogen (secondary N) is 1. The Balaban J connectivity index is 1.63. The van der Waals surface area contributed by atoms with Crippen molar-refractivity contribution in [2.45, 2.75) is 70.8 Å². The molecular formula is C21H26N2OS2. The Labute approximate surface area is 163 Å². The largest absolute Gasteiger partial charge is 0.349 e. The number of rotatable bonds is 4. The third kappa shape index (κ3) is 3.79. The van der Waals surface area contributed by atoms with Crippen LogP contribution in [0, 0.1) is 6.92 Å². The molecule has 3 nitrogen and oxygen atoms in total. The van der Waals surface area contributed by atoms with Gasteiger partial charge in [-0.25, -0.2) is 4.99 Å². The van der Waals surface area contributed by atoms with E-state index in [2.05, 4.69) is 23.7 Å². The van der Waals surface area contributed by atoms with Crippen LogP contribution in [0.25, 0.3) is 0 Å². The molecule has 0 aliphatic heterocycles. The van der Waals surface area contributed by atoms with E-state index in [9.17, 15) is 4.79 Å². The predicted octanol–water partition coefficient (Wildman–Crippen LogP) is 5.81. The Kier molecular flexibility index (Phi) is 5.55. The predicted molar refractivity (Wildman–Crippen MR) is 112 cm³/mol. The number of fused-ring (bicyclic) bond motifs is 1. The number of carbonyl (C=O) groups excluding carboxylic acids is 1. The quantitative estimate of drug-likeness (QED) is 0.662. The van der Waals surface area contributed by atoms with Gasteiger partial charge in [-0.1, -0.05) is 19.3 Å². The van der Waals surface area contributed by atoms with Gasteiger partial charge in [0.25, 0.3) is 5.91 Å². The number of thiophene rings is 2. The fourth-order valence-electron chi connectivity index (χ4n) is 4.02. The zero-order valence-electron chi connectivity index (χ0n) is 15.3. The van der Waals surface area contributed by atoms with Gasteiger partial charge in [0.1, 0.15) is 5.00 Å². The van der Waals surface area contributed by atoms with Crippen molar-refractivity contribution < 1.29 is 4.79 Å². The van der Waals surface area contributed by atoms with Crippen molar-refractivity contribution in [3.05, 3.63) is 37.9 Å². The van der Waals surface area contributed by atoms with Crippen molar-refractivity contribution in [2.75, 3.05) is 0 Å². The number of hydrogen-bond donors (Lipinski definition) is 1. The molecule has 0 radical (unpaired) electrons. The molecule has 1 amide bonds. The second kappa shape index (κ2) is 8.05. The van der Waals surface area contributed by atoms with Gasteiger partial charge in [0.15, 0.2) is 0 Å². The molecule has 2 aromatic heterocycles. The van der Waals surface area contributed by atoms with Crippen LogP contribution >= 0.6 is 22.7 Å². The standard InChI is InChI=1S/C21H26N2OS2/c1-14-11-12-25-18(14)13-22-21-19(16-9-5-6-10-17(16)26-21)20(24)23-15-7-3-2-4-8-15/h11-13,15H,2-10H2,1H3,(H,23,24). The van der Waals surface area contributed by atoms with Crippen LogP contribution in [0.5, 0.6) is 0 Å². The lowest BCUT2D eigenvalue weighted by Crippen LogP contribution is -2.36. The zero-order chi connectivity index (χ0) is 17.9. The first-order valence-corrected chi connectivity index (χ1v) is 11.5. The highest BCUT2D eigenvalue weighted by Gasteiger charge is 2.27. The van der Waals surface area contributed by atoms with Crippen molar-refractivity contribution in [1.29, 1.82) is 0 Å². The first kappa shape index (κ1) is 17.9. The molecule has 2 aliphatic rings. The van der Waals surface area contributed by atoms with E-state index < -0.39 is 0 Å². The van der Waals surface area contributed by atoms with Crippen LogP contribution in [0.2, 0.25) is 0 Å². The molecule has 1 saturated carbocycles. The van der Waals surface area contributed by atoms with Gasteiger partial charge in [0, 0.05) is 22.0 Å². The van der Waals surface area contributed by atoms with Crippen molar-refractivity contribution >= 4 is 39.8 Å². The summed E-state index contributed by atoms with van der Waals surface area (Å²) in [6.07, 6.45) is 12.5. The molecular weight excluding hydrogens is 360 g/mol. The SMILES string of the molecule is Cc1ccsc1C=Nc1sc2c(c1C(=O)NC1CCCCC1)CCCC2. The normalized spacial score (nSPS) is 18.2. The second-order valence-corrected chi connectivity index (χ2v) is 9.46. The number of amides is 1. The van der Waals surface area contributed by atoms with Crippen LogP contribution in [-0.4, -0.2) is 18.2 Å². The summed E-state index contributed by atoms with van der Waals surface area (Å²) in [7, 11) is 0. The van der Waals surface area contributed by atoms with Gasteiger partial charge < -0.3 is 5.32 Å². The fraction of sp³-hybridized carbons (Fsp3) is 0.524. The van der Waals surface area contributed by atoms with Crippen LogP contribution in [0.1, 0.15) is 76.2 Å². The average molecular weight is 387 g/mol. The molecule has 138 valence electrons. The molecule has 5 heteroatoms. The lowest BCUT2D eigenvalue weighted by Gasteiger charge is -2.23. The van der Waals surface area contributed by atoms with E-state index in [0.29, 0.717) is 6.04 Å². The molecule has 0 unspecified atom stereocenters. The Hall–Kier alpha value is -1.46. The maximum absolute atomic E-state index is 13.1. The van der Waals surface area contributed by atoms with E-state index in [4.69, 9.17) is 4.99 Å². The number of aryl methyl sites for hydroxylation is 2. The van der Waals surface area contributed by atoms with Crippen molar-refractivity contribution in [2.24, 2.45) is 4.99 Å². The first-order valence-electron chi connectivity index (χ1n) is 9.76. The van der Waals surface area contributed by atoms with E-state index in [1.54, 1.807) is 22.7 Å². The van der Waals surface area contributed by atoms with Gasteiger partial charge in [0.05, 0.1) is 5.56 Å². The average Bonchev–Trinajstić information content (AvgIpc) is 3.23. The topological polar surface area (TPSA) is 41.5 Å². The third-order valence-corrected chi connectivity index (χ3v) is 7.67. The highest BCUT2D eigenvalue weighted by molar-refractivity contribution is 7.16. The van der Waals surface area contributed by atoms with Crippen molar-refractivity contribution in [3.63, 3.8) is 0 Å². The van der Waals surface area contributed by atoms with E-state index in [1.807, 2.05) is 6.21 Å². The Morgan fingerprint density at radius 3 is 2.77 bits per heavy atom. The second-order valence-electron chi connectivity index (χ2n) is 7.43. The van der Waals surface area contributed by atoms with E-state index in [0.717, 1.165) is 36.2 Å². The van der Waals surface area contributed by atoms with Crippen LogP contribution in [0.3, 0.4) is 0 Å². The van der Waals surface area contributed by atoms with Crippen molar-refractivity contribution in [1.82, 2.24) is 5.32 Å². The minimum Gasteiger partial charge on any atom is -0.349 e. The summed E-state index contributed by atoms with van der Waals surface area (Å²) in [5.74, 6) is 0.103. The van der Waals surface area contributed by atoms with Crippen LogP contribution in [-0.2, 0) is 12.8 Å². The minimum absolute atomic E-state index is 0.103. The molecule has 0 aromatic carbocycles. The molecule has 1 fully saturated rings. The van der Waals surface area contributed by atoms with Crippen LogP contribution in [0.15, 0.2) is 16.4 Å². The van der Waals surface area contributed by atoms with Gasteiger partial charge >= 0.3 is 0 Å². The molecule has 26 heavy (non-hydrogen) atoms. The van der Waals surface area contributed by atoms with Gasteiger partial charge in [0.2, 0.25) is 0 Å². The summed E-state index contributed by atoms with van der Waals surface area (Å²) in [5.41, 5.74) is 3.37. The molecule has 0 saturated heterocycles. The molecule has 1 N–H and O–H groups in total. The van der Waals surface area contributed by atoms with Gasteiger partial charge in [-0.15, -0.1) is 22.7 Å². The molecule has 2 heterocycles. The molecule has 4 rings (SSSR count).